The van der Waals surface area contributed by atoms with Crippen LogP contribution in [0.15, 0.2) is 59.6 Å². The highest BCUT2D eigenvalue weighted by Crippen LogP contribution is 2.41. The molecule has 1 aromatic heterocycles. The molecule has 0 spiro atoms. The molecule has 7 nitrogen and oxygen atoms in total. The Labute approximate surface area is 182 Å². The number of fused-ring (bicyclic) bond motifs is 3. The summed E-state index contributed by atoms with van der Waals surface area (Å²) in [4.78, 5) is 13.1. The van der Waals surface area contributed by atoms with Gasteiger partial charge in [-0.15, -0.1) is 0 Å². The Hall–Kier alpha value is -3.05. The molecule has 0 radical (unpaired) electrons. The van der Waals surface area contributed by atoms with Crippen LogP contribution in [0.25, 0.3) is 10.9 Å². The van der Waals surface area contributed by atoms with Gasteiger partial charge in [-0.2, -0.15) is 13.2 Å². The molecule has 2 atom stereocenters. The van der Waals surface area contributed by atoms with Crippen molar-refractivity contribution in [2.24, 2.45) is 0 Å². The van der Waals surface area contributed by atoms with Crippen molar-refractivity contribution in [1.82, 2.24) is 8.87 Å². The summed E-state index contributed by atoms with van der Waals surface area (Å²) in [6, 6.07) is 12.2. The summed E-state index contributed by atoms with van der Waals surface area (Å²) in [5.41, 5.74) is 0.362. The first kappa shape index (κ1) is 22.2. The van der Waals surface area contributed by atoms with Gasteiger partial charge in [-0.25, -0.2) is 17.2 Å². The number of ether oxygens (including phenoxy) is 2. The number of alkyl halides is 3. The van der Waals surface area contributed by atoms with Crippen molar-refractivity contribution in [3.63, 3.8) is 0 Å². The highest BCUT2D eigenvalue weighted by molar-refractivity contribution is 7.90. The first-order valence-electron chi connectivity index (χ1n) is 9.59. The molecule has 3 aromatic rings. The zero-order valence-electron chi connectivity index (χ0n) is 17.0. The van der Waals surface area contributed by atoms with Crippen LogP contribution in [-0.2, 0) is 19.6 Å². The lowest BCUT2D eigenvalue weighted by Gasteiger charge is -2.27. The minimum Gasteiger partial charge on any atom is -0.489 e. The van der Waals surface area contributed by atoms with Crippen LogP contribution in [0.5, 0.6) is 5.75 Å². The third kappa shape index (κ3) is 3.82. The van der Waals surface area contributed by atoms with E-state index in [0.717, 1.165) is 3.97 Å². The van der Waals surface area contributed by atoms with Gasteiger partial charge in [0, 0.05) is 18.1 Å². The largest absolute Gasteiger partial charge is 0.490 e. The van der Waals surface area contributed by atoms with Crippen LogP contribution in [0.3, 0.4) is 0 Å². The quantitative estimate of drug-likeness (QED) is 0.546. The van der Waals surface area contributed by atoms with Crippen LogP contribution >= 0.6 is 0 Å². The average Bonchev–Trinajstić information content (AvgIpc) is 3.12. The van der Waals surface area contributed by atoms with Crippen LogP contribution < -0.4 is 4.74 Å². The van der Waals surface area contributed by atoms with E-state index in [9.17, 15) is 26.4 Å². The zero-order chi connectivity index (χ0) is 23.3. The lowest BCUT2D eigenvalue weighted by molar-refractivity contribution is -0.212. The van der Waals surface area contributed by atoms with Gasteiger partial charge in [-0.05, 0) is 44.3 Å². The SMILES string of the molecule is CC1CN(C)C(OC(=O)C(F)(F)F)c2c(ccc3c2ccn3S(=O)(=O)c2ccccc2)O1. The Bertz CT molecular complexity index is 1270. The summed E-state index contributed by atoms with van der Waals surface area (Å²) < 4.78 is 76.8. The van der Waals surface area contributed by atoms with Gasteiger partial charge in [0.2, 0.25) is 0 Å². The summed E-state index contributed by atoms with van der Waals surface area (Å²) >= 11 is 0. The number of nitrogens with zero attached hydrogens (tertiary/aromatic N) is 2. The number of likely N-dealkylation sites (N-methyl/N-ethyl adjacent to an activating group) is 1. The van der Waals surface area contributed by atoms with Gasteiger partial charge in [0.15, 0.2) is 6.23 Å². The molecule has 2 heterocycles. The predicted octanol–water partition coefficient (Wildman–Crippen LogP) is 3.70. The molecule has 32 heavy (non-hydrogen) atoms. The Morgan fingerprint density at radius 1 is 1.12 bits per heavy atom. The molecule has 2 unspecified atom stereocenters. The highest BCUT2D eigenvalue weighted by atomic mass is 32.2. The van der Waals surface area contributed by atoms with Gasteiger partial charge >= 0.3 is 12.1 Å². The molecule has 1 aliphatic rings. The number of hydrogen-bond donors (Lipinski definition) is 0. The smallest absolute Gasteiger partial charge is 0.489 e. The van der Waals surface area contributed by atoms with E-state index in [1.165, 1.54) is 48.5 Å². The molecule has 0 saturated carbocycles. The number of carbonyl (C=O) groups excluding carboxylic acids is 1. The molecule has 2 aromatic carbocycles. The lowest BCUT2D eigenvalue weighted by Crippen LogP contribution is -2.36. The molecular formula is C21H19F3N2O5S. The molecule has 170 valence electrons. The van der Waals surface area contributed by atoms with E-state index in [1.54, 1.807) is 25.1 Å². The normalized spacial score (nSPS) is 19.8. The van der Waals surface area contributed by atoms with Gasteiger partial charge in [0.05, 0.1) is 16.0 Å². The molecule has 0 fully saturated rings. The van der Waals surface area contributed by atoms with Crippen LogP contribution in [-0.4, -0.2) is 49.1 Å². The van der Waals surface area contributed by atoms with Crippen molar-refractivity contribution in [3.05, 3.63) is 60.3 Å². The van der Waals surface area contributed by atoms with Crippen molar-refractivity contribution in [3.8, 4) is 5.75 Å². The highest BCUT2D eigenvalue weighted by Gasteiger charge is 2.44. The summed E-state index contributed by atoms with van der Waals surface area (Å²) in [6.45, 7) is 1.90. The zero-order valence-corrected chi connectivity index (χ0v) is 17.9. The van der Waals surface area contributed by atoms with Crippen molar-refractivity contribution < 1.29 is 35.9 Å². The molecule has 0 saturated heterocycles. The maximum Gasteiger partial charge on any atom is 0.490 e. The van der Waals surface area contributed by atoms with Gasteiger partial charge in [-0.3, -0.25) is 4.90 Å². The first-order chi connectivity index (χ1) is 15.0. The standard InChI is InChI=1S/C21H19F3N2O5S/c1-13-12-25(2)19(31-20(27)21(22,23)24)18-15-10-11-26(16(15)8-9-17(18)30-13)32(28,29)14-6-4-3-5-7-14/h3-11,13,19H,12H2,1-2H3. The maximum absolute atomic E-state index is 13.1. The minimum absolute atomic E-state index is 0.0504. The van der Waals surface area contributed by atoms with Crippen LogP contribution in [0.1, 0.15) is 18.7 Å². The minimum atomic E-state index is -5.18. The van der Waals surface area contributed by atoms with E-state index in [1.807, 2.05) is 0 Å². The number of carbonyl (C=O) groups is 1. The third-order valence-corrected chi connectivity index (χ3v) is 6.81. The second-order valence-electron chi connectivity index (χ2n) is 7.46. The van der Waals surface area contributed by atoms with E-state index in [2.05, 4.69) is 0 Å². The number of halogens is 3. The number of aromatic nitrogens is 1. The monoisotopic (exact) mass is 468 g/mol. The van der Waals surface area contributed by atoms with Gasteiger partial charge in [-0.1, -0.05) is 18.2 Å². The van der Waals surface area contributed by atoms with Gasteiger partial charge in [0.1, 0.15) is 11.9 Å². The molecule has 4 rings (SSSR count). The topological polar surface area (TPSA) is 77.8 Å². The predicted molar refractivity (Wildman–Crippen MR) is 109 cm³/mol. The van der Waals surface area contributed by atoms with E-state index < -0.39 is 34.5 Å². The first-order valence-corrected chi connectivity index (χ1v) is 11.0. The van der Waals surface area contributed by atoms with Crippen LogP contribution in [0.2, 0.25) is 0 Å². The van der Waals surface area contributed by atoms with Crippen LogP contribution in [0.4, 0.5) is 13.2 Å². The molecule has 0 amide bonds. The second kappa shape index (κ2) is 7.82. The fraction of sp³-hybridized carbons (Fsp3) is 0.286. The van der Waals surface area contributed by atoms with Crippen molar-refractivity contribution >= 4 is 26.9 Å². The summed E-state index contributed by atoms with van der Waals surface area (Å²) in [5.74, 6) is -2.13. The second-order valence-corrected chi connectivity index (χ2v) is 9.28. The Morgan fingerprint density at radius 3 is 2.47 bits per heavy atom. The maximum atomic E-state index is 13.1. The molecular weight excluding hydrogens is 449 g/mol. The average molecular weight is 468 g/mol. The van der Waals surface area contributed by atoms with E-state index >= 15 is 0 Å². The Morgan fingerprint density at radius 2 is 1.81 bits per heavy atom. The van der Waals surface area contributed by atoms with Crippen LogP contribution in [0, 0.1) is 0 Å². The van der Waals surface area contributed by atoms with E-state index in [4.69, 9.17) is 9.47 Å². The van der Waals surface area contributed by atoms with Crippen molar-refractivity contribution in [2.75, 3.05) is 13.6 Å². The van der Waals surface area contributed by atoms with E-state index in [-0.39, 0.29) is 28.3 Å². The van der Waals surface area contributed by atoms with Crippen molar-refractivity contribution in [1.29, 1.82) is 0 Å². The lowest BCUT2D eigenvalue weighted by atomic mass is 10.1. The molecule has 0 bridgehead atoms. The summed E-state index contributed by atoms with van der Waals surface area (Å²) in [5, 5.41) is 0.294. The number of benzene rings is 2. The fourth-order valence-corrected chi connectivity index (χ4v) is 5.13. The van der Waals surface area contributed by atoms with E-state index in [0.29, 0.717) is 5.39 Å². The molecule has 1 aliphatic heterocycles. The van der Waals surface area contributed by atoms with Gasteiger partial charge < -0.3 is 9.47 Å². The summed E-state index contributed by atoms with van der Waals surface area (Å²) in [6.07, 6.45) is -5.72. The van der Waals surface area contributed by atoms with Gasteiger partial charge in [0.25, 0.3) is 10.0 Å². The third-order valence-electron chi connectivity index (χ3n) is 5.11. The Balaban J connectivity index is 1.90. The molecule has 0 aliphatic carbocycles. The fourth-order valence-electron chi connectivity index (χ4n) is 3.76. The number of esters is 1. The number of hydrogen-bond acceptors (Lipinski definition) is 6. The Kier molecular flexibility index (Phi) is 5.41. The molecule has 11 heteroatoms. The molecule has 0 N–H and O–H groups in total. The summed E-state index contributed by atoms with van der Waals surface area (Å²) in [7, 11) is -2.47. The number of rotatable bonds is 3. The van der Waals surface area contributed by atoms with Crippen molar-refractivity contribution in [2.45, 2.75) is 30.3 Å².